The summed E-state index contributed by atoms with van der Waals surface area (Å²) in [5.41, 5.74) is 1.32. The number of aryl methyl sites for hydroxylation is 1. The lowest BCUT2D eigenvalue weighted by Gasteiger charge is -2.38. The molecule has 1 aliphatic carbocycles. The maximum absolute atomic E-state index is 14.3. The molecule has 42 heavy (non-hydrogen) atoms. The fourth-order valence-corrected chi connectivity index (χ4v) is 5.30. The zero-order valence-corrected chi connectivity index (χ0v) is 23.3. The first-order valence-electron chi connectivity index (χ1n) is 13.7. The van der Waals surface area contributed by atoms with Crippen LogP contribution in [0.5, 0.6) is 0 Å². The first-order chi connectivity index (χ1) is 19.8. The molecule has 3 amide bonds. The van der Waals surface area contributed by atoms with Gasteiger partial charge in [0.05, 0.1) is 56.0 Å². The number of carbonyl (C=O) groups excluding carboxylic acids is 2. The van der Waals surface area contributed by atoms with Crippen molar-refractivity contribution in [1.82, 2.24) is 40.4 Å². The molecule has 228 valence electrons. The summed E-state index contributed by atoms with van der Waals surface area (Å²) in [5.74, 6) is -6.87. The molecular formula is C26H32F4N8O4. The number of nitrogens with zero attached hydrogens (tertiary/aromatic N) is 6. The standard InChI is InChI=1S/C26H32F4N8O4/c1-14(2)41-11-19(37-13-26(29,30)12-31-24(37)40)17-8-20-33-18(10-38(20)32-9-17)22(16-4-6-25(27,28)7-5-16)34-23(39)21-15(3)35-42-36-21/h8-10,14,16,19,22H,4-7,11-13H2,1-3H3,(H,31,40)(H,34,39)/t19-,22+/m1/s1. The van der Waals surface area contributed by atoms with Gasteiger partial charge in [-0.2, -0.15) is 5.10 Å². The number of aromatic nitrogens is 5. The number of ether oxygens (including phenoxy) is 1. The third kappa shape index (κ3) is 6.47. The molecule has 0 aromatic carbocycles. The minimum Gasteiger partial charge on any atom is -0.376 e. The second-order valence-corrected chi connectivity index (χ2v) is 11.1. The van der Waals surface area contributed by atoms with Gasteiger partial charge in [-0.05, 0) is 50.8 Å². The lowest BCUT2D eigenvalue weighted by Crippen LogP contribution is -2.58. The van der Waals surface area contributed by atoms with Gasteiger partial charge in [0, 0.05) is 18.4 Å². The summed E-state index contributed by atoms with van der Waals surface area (Å²) in [5, 5.41) is 16.7. The van der Waals surface area contributed by atoms with E-state index in [4.69, 9.17) is 4.74 Å². The van der Waals surface area contributed by atoms with E-state index < -0.39 is 49.0 Å². The van der Waals surface area contributed by atoms with E-state index in [0.717, 1.165) is 4.90 Å². The number of hydrogen-bond donors (Lipinski definition) is 2. The number of rotatable bonds is 9. The molecule has 2 aliphatic rings. The number of hydrogen-bond acceptors (Lipinski definition) is 8. The Bertz CT molecular complexity index is 1430. The number of alkyl halides is 4. The third-order valence-electron chi connectivity index (χ3n) is 7.58. The Labute approximate surface area is 238 Å². The van der Waals surface area contributed by atoms with Crippen molar-refractivity contribution in [2.45, 2.75) is 76.5 Å². The zero-order valence-electron chi connectivity index (χ0n) is 23.3. The number of fused-ring (bicyclic) bond motifs is 1. The molecule has 2 fully saturated rings. The lowest BCUT2D eigenvalue weighted by molar-refractivity contribution is -0.0569. The van der Waals surface area contributed by atoms with Crippen LogP contribution in [0.2, 0.25) is 0 Å². The summed E-state index contributed by atoms with van der Waals surface area (Å²) < 4.78 is 68.3. The normalized spacial score (nSPS) is 20.5. The fraction of sp³-hybridized carbons (Fsp3) is 0.615. The molecular weight excluding hydrogens is 564 g/mol. The molecule has 1 saturated heterocycles. The molecule has 16 heteroatoms. The number of nitrogens with one attached hydrogen (secondary N) is 2. The molecule has 3 aromatic rings. The summed E-state index contributed by atoms with van der Waals surface area (Å²) in [4.78, 5) is 31.3. The molecule has 5 rings (SSSR count). The number of amides is 3. The average molecular weight is 597 g/mol. The van der Waals surface area contributed by atoms with Gasteiger partial charge in [0.2, 0.25) is 5.92 Å². The fourth-order valence-electron chi connectivity index (χ4n) is 5.30. The summed E-state index contributed by atoms with van der Waals surface area (Å²) in [6.45, 7) is 3.51. The van der Waals surface area contributed by atoms with Crippen LogP contribution in [0, 0.1) is 12.8 Å². The van der Waals surface area contributed by atoms with Gasteiger partial charge in [-0.1, -0.05) is 5.16 Å². The largest absolute Gasteiger partial charge is 0.376 e. The molecule has 1 aliphatic heterocycles. The van der Waals surface area contributed by atoms with Crippen molar-refractivity contribution in [3.63, 3.8) is 0 Å². The van der Waals surface area contributed by atoms with Gasteiger partial charge in [-0.25, -0.2) is 36.5 Å². The second kappa shape index (κ2) is 11.5. The quantitative estimate of drug-likeness (QED) is 0.355. The summed E-state index contributed by atoms with van der Waals surface area (Å²) >= 11 is 0. The van der Waals surface area contributed by atoms with E-state index in [0.29, 0.717) is 16.9 Å². The van der Waals surface area contributed by atoms with Gasteiger partial charge < -0.3 is 20.3 Å². The first-order valence-corrected chi connectivity index (χ1v) is 13.7. The first kappa shape index (κ1) is 29.7. The second-order valence-electron chi connectivity index (χ2n) is 11.1. The van der Waals surface area contributed by atoms with Crippen molar-refractivity contribution in [1.29, 1.82) is 0 Å². The minimum absolute atomic E-state index is 0.0325. The van der Waals surface area contributed by atoms with Gasteiger partial charge in [0.1, 0.15) is 5.69 Å². The van der Waals surface area contributed by atoms with Gasteiger partial charge in [0.25, 0.3) is 11.8 Å². The van der Waals surface area contributed by atoms with Gasteiger partial charge in [0.15, 0.2) is 11.3 Å². The molecule has 12 nitrogen and oxygen atoms in total. The summed E-state index contributed by atoms with van der Waals surface area (Å²) in [7, 11) is 0. The van der Waals surface area contributed by atoms with Crippen LogP contribution in [0.3, 0.4) is 0 Å². The molecule has 0 spiro atoms. The van der Waals surface area contributed by atoms with Crippen molar-refractivity contribution >= 4 is 17.6 Å². The van der Waals surface area contributed by atoms with E-state index in [9.17, 15) is 27.2 Å². The van der Waals surface area contributed by atoms with Crippen molar-refractivity contribution in [3.8, 4) is 0 Å². The Morgan fingerprint density at radius 3 is 2.62 bits per heavy atom. The third-order valence-corrected chi connectivity index (χ3v) is 7.58. The SMILES string of the molecule is Cc1nonc1C(=O)N[C@H](c1cn2ncc([C@@H](COC(C)C)N3CC(F)(F)CNC3=O)cc2n1)C1CCC(F)(F)CC1. The van der Waals surface area contributed by atoms with Gasteiger partial charge in [-0.15, -0.1) is 0 Å². The molecule has 3 aromatic heterocycles. The molecule has 2 atom stereocenters. The van der Waals surface area contributed by atoms with E-state index in [2.05, 4.69) is 35.7 Å². The smallest absolute Gasteiger partial charge is 0.318 e. The van der Waals surface area contributed by atoms with Crippen molar-refractivity contribution in [2.24, 2.45) is 5.92 Å². The number of urea groups is 1. The number of imidazole rings is 1. The van der Waals surface area contributed by atoms with Crippen LogP contribution < -0.4 is 10.6 Å². The van der Waals surface area contributed by atoms with E-state index in [1.54, 1.807) is 33.0 Å². The highest BCUT2D eigenvalue weighted by molar-refractivity contribution is 5.93. The lowest BCUT2D eigenvalue weighted by atomic mass is 9.81. The molecule has 0 radical (unpaired) electrons. The van der Waals surface area contributed by atoms with Crippen LogP contribution in [-0.2, 0) is 4.74 Å². The predicted molar refractivity (Wildman–Crippen MR) is 138 cm³/mol. The molecule has 2 N–H and O–H groups in total. The Balaban J connectivity index is 1.47. The van der Waals surface area contributed by atoms with Crippen LogP contribution in [-0.4, -0.2) is 79.4 Å². The summed E-state index contributed by atoms with van der Waals surface area (Å²) in [6.07, 6.45) is 2.42. The molecule has 4 heterocycles. The minimum atomic E-state index is -3.14. The average Bonchev–Trinajstić information content (AvgIpc) is 3.55. The monoisotopic (exact) mass is 596 g/mol. The Morgan fingerprint density at radius 2 is 1.95 bits per heavy atom. The Morgan fingerprint density at radius 1 is 1.21 bits per heavy atom. The number of halogens is 4. The Hall–Kier alpha value is -3.82. The summed E-state index contributed by atoms with van der Waals surface area (Å²) in [6, 6.07) is -0.710. The molecule has 0 unspecified atom stereocenters. The molecule has 0 bridgehead atoms. The maximum atomic E-state index is 14.3. The van der Waals surface area contributed by atoms with E-state index in [-0.39, 0.29) is 55.7 Å². The maximum Gasteiger partial charge on any atom is 0.318 e. The van der Waals surface area contributed by atoms with Gasteiger partial charge >= 0.3 is 6.03 Å². The van der Waals surface area contributed by atoms with Crippen molar-refractivity contribution in [3.05, 3.63) is 41.1 Å². The van der Waals surface area contributed by atoms with E-state index in [1.807, 2.05) is 0 Å². The Kier molecular flexibility index (Phi) is 8.09. The van der Waals surface area contributed by atoms with Gasteiger partial charge in [-0.3, -0.25) is 4.79 Å². The van der Waals surface area contributed by atoms with Crippen molar-refractivity contribution < 1.29 is 36.5 Å². The van der Waals surface area contributed by atoms with Crippen LogP contribution in [0.25, 0.3) is 5.65 Å². The zero-order chi connectivity index (χ0) is 30.2. The van der Waals surface area contributed by atoms with E-state index >= 15 is 0 Å². The highest BCUT2D eigenvalue weighted by Gasteiger charge is 2.43. The van der Waals surface area contributed by atoms with Crippen LogP contribution in [0.4, 0.5) is 22.4 Å². The topological polar surface area (TPSA) is 140 Å². The van der Waals surface area contributed by atoms with E-state index in [1.165, 1.54) is 10.7 Å². The highest BCUT2D eigenvalue weighted by atomic mass is 19.3. The number of carbonyl (C=O) groups is 2. The van der Waals surface area contributed by atoms with Crippen LogP contribution >= 0.6 is 0 Å². The highest BCUT2D eigenvalue weighted by Crippen LogP contribution is 2.41. The predicted octanol–water partition coefficient (Wildman–Crippen LogP) is 3.84. The van der Waals surface area contributed by atoms with Crippen LogP contribution in [0.1, 0.15) is 79.1 Å². The molecule has 1 saturated carbocycles. The van der Waals surface area contributed by atoms with Crippen molar-refractivity contribution in [2.75, 3.05) is 19.7 Å². The van der Waals surface area contributed by atoms with Crippen LogP contribution in [0.15, 0.2) is 23.1 Å².